The second-order valence-electron chi connectivity index (χ2n) is 4.76. The Morgan fingerprint density at radius 3 is 2.75 bits per heavy atom. The van der Waals surface area contributed by atoms with E-state index in [1.807, 2.05) is 25.1 Å². The topological polar surface area (TPSA) is 66.5 Å². The Bertz CT molecular complexity index is 393. The van der Waals surface area contributed by atoms with E-state index in [4.69, 9.17) is 4.74 Å². The van der Waals surface area contributed by atoms with E-state index < -0.39 is 0 Å². The minimum atomic E-state index is -0.141. The molecule has 1 rings (SSSR count). The number of hydrogen-bond donors (Lipinski definition) is 2. The molecule has 2 N–H and O–H groups in total. The van der Waals surface area contributed by atoms with Crippen LogP contribution in [0.3, 0.4) is 0 Å². The molecule has 1 aromatic rings. The Hall–Kier alpha value is -1.66. The number of anilines is 1. The van der Waals surface area contributed by atoms with Crippen molar-refractivity contribution in [1.82, 2.24) is 15.2 Å². The highest BCUT2D eigenvalue weighted by atomic mass is 16.5. The highest BCUT2D eigenvalue weighted by Crippen LogP contribution is 2.06. The molecular weight excluding hydrogens is 256 g/mol. The van der Waals surface area contributed by atoms with Crippen LogP contribution in [-0.4, -0.2) is 63.2 Å². The fraction of sp³-hybridized carbons (Fsp3) is 0.571. The first-order valence-electron chi connectivity index (χ1n) is 6.75. The molecule has 0 unspecified atom stereocenters. The van der Waals surface area contributed by atoms with Crippen LogP contribution in [0.15, 0.2) is 18.3 Å². The second-order valence-corrected chi connectivity index (χ2v) is 4.76. The molecule has 6 nitrogen and oxygen atoms in total. The molecule has 0 saturated carbocycles. The van der Waals surface area contributed by atoms with Crippen LogP contribution in [0.4, 0.5) is 5.69 Å². The van der Waals surface area contributed by atoms with Crippen LogP contribution >= 0.6 is 0 Å². The van der Waals surface area contributed by atoms with Crippen LogP contribution in [0.5, 0.6) is 0 Å². The molecule has 0 aliphatic rings. The van der Waals surface area contributed by atoms with E-state index in [2.05, 4.69) is 15.6 Å². The summed E-state index contributed by atoms with van der Waals surface area (Å²) < 4.78 is 4.97. The number of nitrogens with one attached hydrogen (secondary N) is 2. The average molecular weight is 280 g/mol. The quantitative estimate of drug-likeness (QED) is 0.656. The van der Waals surface area contributed by atoms with Gasteiger partial charge in [-0.15, -0.1) is 0 Å². The van der Waals surface area contributed by atoms with Crippen molar-refractivity contribution < 1.29 is 9.53 Å². The second kappa shape index (κ2) is 9.28. The Labute approximate surface area is 120 Å². The molecule has 6 heteroatoms. The smallest absolute Gasteiger partial charge is 0.269 e. The maximum atomic E-state index is 11.8. The lowest BCUT2D eigenvalue weighted by atomic mass is 10.3. The number of methoxy groups -OCH3 is 1. The van der Waals surface area contributed by atoms with Gasteiger partial charge in [-0.3, -0.25) is 4.79 Å². The molecule has 0 bridgehead atoms. The summed E-state index contributed by atoms with van der Waals surface area (Å²) in [6.45, 7) is 2.98. The summed E-state index contributed by atoms with van der Waals surface area (Å²) in [5.41, 5.74) is 1.34. The van der Waals surface area contributed by atoms with Gasteiger partial charge in [0.2, 0.25) is 0 Å². The van der Waals surface area contributed by atoms with E-state index in [1.165, 1.54) is 0 Å². The highest BCUT2D eigenvalue weighted by Gasteiger charge is 2.06. The molecule has 0 spiro atoms. The average Bonchev–Trinajstić information content (AvgIpc) is 2.44. The lowest BCUT2D eigenvalue weighted by Crippen LogP contribution is -2.31. The fourth-order valence-electron chi connectivity index (χ4n) is 1.57. The number of hydrogen-bond acceptors (Lipinski definition) is 5. The number of ether oxygens (including phenoxy) is 1. The first-order valence-corrected chi connectivity index (χ1v) is 6.75. The molecule has 112 valence electrons. The van der Waals surface area contributed by atoms with E-state index in [0.29, 0.717) is 12.2 Å². The molecule has 0 aliphatic heterocycles. The van der Waals surface area contributed by atoms with Crippen LogP contribution in [0.25, 0.3) is 0 Å². The van der Waals surface area contributed by atoms with E-state index in [9.17, 15) is 4.79 Å². The Balaban J connectivity index is 2.35. The van der Waals surface area contributed by atoms with Crippen LogP contribution in [-0.2, 0) is 4.74 Å². The van der Waals surface area contributed by atoms with Gasteiger partial charge in [-0.25, -0.2) is 4.98 Å². The highest BCUT2D eigenvalue weighted by molar-refractivity contribution is 5.92. The van der Waals surface area contributed by atoms with Gasteiger partial charge in [0.1, 0.15) is 5.69 Å². The van der Waals surface area contributed by atoms with Gasteiger partial charge >= 0.3 is 0 Å². The maximum Gasteiger partial charge on any atom is 0.269 e. The number of rotatable bonds is 9. The molecular formula is C14H24N4O2. The van der Waals surface area contributed by atoms with Gasteiger partial charge in [0.15, 0.2) is 0 Å². The van der Waals surface area contributed by atoms with Crippen molar-refractivity contribution in [3.05, 3.63) is 24.0 Å². The summed E-state index contributed by atoms with van der Waals surface area (Å²) in [4.78, 5) is 18.0. The molecule has 0 aromatic carbocycles. The molecule has 0 radical (unpaired) electrons. The molecule has 20 heavy (non-hydrogen) atoms. The van der Waals surface area contributed by atoms with Crippen molar-refractivity contribution in [2.24, 2.45) is 0 Å². The van der Waals surface area contributed by atoms with Crippen molar-refractivity contribution in [2.45, 2.75) is 6.42 Å². The molecule has 1 aromatic heterocycles. The first kappa shape index (κ1) is 16.4. The number of aromatic nitrogens is 1. The number of likely N-dealkylation sites (N-methyl/N-ethyl adjacent to an activating group) is 1. The van der Waals surface area contributed by atoms with E-state index in [-0.39, 0.29) is 5.91 Å². The number of carbonyl (C=O) groups excluding carboxylic acids is 1. The Morgan fingerprint density at radius 2 is 2.15 bits per heavy atom. The summed E-state index contributed by atoms with van der Waals surface area (Å²) in [5.74, 6) is -0.141. The first-order chi connectivity index (χ1) is 9.63. The third-order valence-corrected chi connectivity index (χ3v) is 2.70. The zero-order valence-corrected chi connectivity index (χ0v) is 12.5. The monoisotopic (exact) mass is 280 g/mol. The normalized spacial score (nSPS) is 10.6. The number of nitrogens with zero attached hydrogens (tertiary/aromatic N) is 2. The molecule has 0 atom stereocenters. The lowest BCUT2D eigenvalue weighted by molar-refractivity contribution is 0.0946. The minimum absolute atomic E-state index is 0.141. The van der Waals surface area contributed by atoms with Gasteiger partial charge in [-0.1, -0.05) is 0 Å². The molecule has 0 aliphatic carbocycles. The van der Waals surface area contributed by atoms with Crippen molar-refractivity contribution in [2.75, 3.05) is 52.8 Å². The van der Waals surface area contributed by atoms with Crippen LogP contribution in [0, 0.1) is 0 Å². The number of amides is 1. The van der Waals surface area contributed by atoms with Crippen molar-refractivity contribution in [1.29, 1.82) is 0 Å². The SMILES string of the molecule is COCCCNc1ccc(C(=O)NCCN(C)C)nc1. The zero-order valence-electron chi connectivity index (χ0n) is 12.5. The van der Waals surface area contributed by atoms with Gasteiger partial charge in [-0.2, -0.15) is 0 Å². The summed E-state index contributed by atoms with van der Waals surface area (Å²) >= 11 is 0. The Morgan fingerprint density at radius 1 is 1.35 bits per heavy atom. The van der Waals surface area contributed by atoms with Gasteiger partial charge in [0, 0.05) is 33.4 Å². The predicted octanol–water partition coefficient (Wildman–Crippen LogP) is 0.821. The van der Waals surface area contributed by atoms with Crippen molar-refractivity contribution >= 4 is 11.6 Å². The Kier molecular flexibility index (Phi) is 7.60. The van der Waals surface area contributed by atoms with Crippen LogP contribution in [0.1, 0.15) is 16.9 Å². The van der Waals surface area contributed by atoms with E-state index >= 15 is 0 Å². The van der Waals surface area contributed by atoms with E-state index in [0.717, 1.165) is 31.8 Å². The summed E-state index contributed by atoms with van der Waals surface area (Å²) in [5, 5.41) is 6.05. The third-order valence-electron chi connectivity index (χ3n) is 2.70. The third kappa shape index (κ3) is 6.49. The minimum Gasteiger partial charge on any atom is -0.385 e. The largest absolute Gasteiger partial charge is 0.385 e. The van der Waals surface area contributed by atoms with Gasteiger partial charge in [0.25, 0.3) is 5.91 Å². The summed E-state index contributed by atoms with van der Waals surface area (Å²) in [6.07, 6.45) is 2.61. The summed E-state index contributed by atoms with van der Waals surface area (Å²) in [6, 6.07) is 3.59. The van der Waals surface area contributed by atoms with Gasteiger partial charge in [-0.05, 0) is 32.6 Å². The molecule has 0 fully saturated rings. The van der Waals surface area contributed by atoms with Crippen LogP contribution in [0.2, 0.25) is 0 Å². The predicted molar refractivity (Wildman–Crippen MR) is 80.1 cm³/mol. The molecule has 1 amide bonds. The summed E-state index contributed by atoms with van der Waals surface area (Å²) in [7, 11) is 5.62. The zero-order chi connectivity index (χ0) is 14.8. The number of carbonyl (C=O) groups is 1. The lowest BCUT2D eigenvalue weighted by Gasteiger charge is -2.10. The van der Waals surface area contributed by atoms with Gasteiger partial charge in [0.05, 0.1) is 11.9 Å². The standard InChI is InChI=1S/C14H24N4O2/c1-18(2)9-8-16-14(19)13-6-5-12(11-17-13)15-7-4-10-20-3/h5-6,11,15H,4,7-10H2,1-3H3,(H,16,19). The van der Waals surface area contributed by atoms with Crippen molar-refractivity contribution in [3.63, 3.8) is 0 Å². The van der Waals surface area contributed by atoms with E-state index in [1.54, 1.807) is 19.4 Å². The molecule has 1 heterocycles. The van der Waals surface area contributed by atoms with Crippen molar-refractivity contribution in [3.8, 4) is 0 Å². The van der Waals surface area contributed by atoms with Crippen LogP contribution < -0.4 is 10.6 Å². The maximum absolute atomic E-state index is 11.8. The molecule has 0 saturated heterocycles. The fourth-order valence-corrected chi connectivity index (χ4v) is 1.57. The number of pyridine rings is 1. The van der Waals surface area contributed by atoms with Gasteiger partial charge < -0.3 is 20.3 Å².